The fourth-order valence-electron chi connectivity index (χ4n) is 1.42. The maximum atomic E-state index is 11.5. The van der Waals surface area contributed by atoms with E-state index in [1.165, 1.54) is 0 Å². The number of nitrogens with one attached hydrogen (secondary N) is 2. The van der Waals surface area contributed by atoms with Gasteiger partial charge in [-0.25, -0.2) is 4.99 Å². The number of amides is 1. The van der Waals surface area contributed by atoms with Crippen molar-refractivity contribution in [2.75, 3.05) is 12.3 Å². The van der Waals surface area contributed by atoms with E-state index in [1.807, 2.05) is 13.8 Å². The maximum Gasteiger partial charge on any atom is 0.244 e. The highest BCUT2D eigenvalue weighted by molar-refractivity contribution is 8.13. The van der Waals surface area contributed by atoms with E-state index in [1.54, 1.807) is 11.8 Å². The van der Waals surface area contributed by atoms with E-state index in [4.69, 9.17) is 0 Å². The first-order valence-corrected chi connectivity index (χ1v) is 6.69. The minimum atomic E-state index is -0.316. The van der Waals surface area contributed by atoms with Crippen molar-refractivity contribution >= 4 is 22.8 Å². The zero-order valence-electron chi connectivity index (χ0n) is 10.5. The van der Waals surface area contributed by atoms with Crippen molar-refractivity contribution in [2.45, 2.75) is 45.7 Å². The summed E-state index contributed by atoms with van der Waals surface area (Å²) in [6, 6.07) is -0.316. The van der Waals surface area contributed by atoms with Crippen LogP contribution in [0.2, 0.25) is 0 Å². The number of carbonyl (C=O) groups excluding carboxylic acids is 1. The monoisotopic (exact) mass is 243 g/mol. The normalized spacial score (nSPS) is 23.6. The van der Waals surface area contributed by atoms with Crippen LogP contribution in [0.5, 0.6) is 0 Å². The molecule has 0 spiro atoms. The molecule has 5 heteroatoms. The third-order valence-electron chi connectivity index (χ3n) is 2.45. The molecule has 0 aromatic carbocycles. The van der Waals surface area contributed by atoms with Crippen LogP contribution in [-0.2, 0) is 4.79 Å². The number of amidine groups is 1. The highest BCUT2D eigenvalue weighted by Crippen LogP contribution is 2.21. The van der Waals surface area contributed by atoms with Crippen LogP contribution >= 0.6 is 11.8 Å². The van der Waals surface area contributed by atoms with E-state index in [-0.39, 0.29) is 17.5 Å². The highest BCUT2D eigenvalue weighted by Gasteiger charge is 2.25. The Kier molecular flexibility index (Phi) is 4.65. The minimum Gasteiger partial charge on any atom is -0.360 e. The molecule has 4 nitrogen and oxygen atoms in total. The molecule has 1 aliphatic heterocycles. The van der Waals surface area contributed by atoms with Gasteiger partial charge in [-0.3, -0.25) is 4.79 Å². The molecule has 92 valence electrons. The van der Waals surface area contributed by atoms with Crippen molar-refractivity contribution in [1.29, 1.82) is 0 Å². The number of aliphatic imine (C=N–C) groups is 1. The van der Waals surface area contributed by atoms with Crippen molar-refractivity contribution in [1.82, 2.24) is 10.6 Å². The molecule has 0 radical (unpaired) electrons. The second-order valence-electron chi connectivity index (χ2n) is 4.61. The molecule has 0 bridgehead atoms. The largest absolute Gasteiger partial charge is 0.360 e. The Morgan fingerprint density at radius 1 is 1.69 bits per heavy atom. The molecule has 2 N–H and O–H groups in total. The summed E-state index contributed by atoms with van der Waals surface area (Å²) in [5.41, 5.74) is 0.0883. The molecule has 0 aliphatic carbocycles. The molecular formula is C11H21N3OS. The van der Waals surface area contributed by atoms with Crippen molar-refractivity contribution in [3.63, 3.8) is 0 Å². The lowest BCUT2D eigenvalue weighted by Gasteiger charge is -2.32. The predicted octanol–water partition coefficient (Wildman–Crippen LogP) is 1.37. The molecule has 1 fully saturated rings. The van der Waals surface area contributed by atoms with Gasteiger partial charge in [0.15, 0.2) is 5.17 Å². The summed E-state index contributed by atoms with van der Waals surface area (Å²) in [5.74, 6) is 1.04. The van der Waals surface area contributed by atoms with Crippen LogP contribution in [0.1, 0.15) is 34.1 Å². The Balaban J connectivity index is 2.58. The molecule has 1 rings (SSSR count). The first-order chi connectivity index (χ1) is 7.44. The molecule has 1 heterocycles. The fourth-order valence-corrected chi connectivity index (χ4v) is 2.80. The van der Waals surface area contributed by atoms with Crippen molar-refractivity contribution in [2.24, 2.45) is 4.99 Å². The Morgan fingerprint density at radius 2 is 2.38 bits per heavy atom. The Labute approximate surface area is 102 Å². The summed E-state index contributed by atoms with van der Waals surface area (Å²) in [4.78, 5) is 15.9. The van der Waals surface area contributed by atoms with E-state index < -0.39 is 0 Å². The number of hydrogen-bond donors (Lipinski definition) is 2. The van der Waals surface area contributed by atoms with Crippen LogP contribution in [0.15, 0.2) is 4.99 Å². The summed E-state index contributed by atoms with van der Waals surface area (Å²) in [6.07, 6.45) is 1.12. The Morgan fingerprint density at radius 3 is 2.94 bits per heavy atom. The van der Waals surface area contributed by atoms with Crippen molar-refractivity contribution < 1.29 is 4.79 Å². The van der Waals surface area contributed by atoms with E-state index >= 15 is 0 Å². The van der Waals surface area contributed by atoms with E-state index in [0.29, 0.717) is 6.54 Å². The SMILES string of the molecule is CCNC(=O)C(C)N=C1NC(C)(C)CCS1. The predicted molar refractivity (Wildman–Crippen MR) is 69.9 cm³/mol. The summed E-state index contributed by atoms with van der Waals surface area (Å²) < 4.78 is 0. The van der Waals surface area contributed by atoms with Crippen LogP contribution in [0.4, 0.5) is 0 Å². The molecule has 1 amide bonds. The molecule has 1 aliphatic rings. The lowest BCUT2D eigenvalue weighted by Crippen LogP contribution is -2.47. The van der Waals surface area contributed by atoms with Gasteiger partial charge < -0.3 is 10.6 Å². The van der Waals surface area contributed by atoms with Gasteiger partial charge >= 0.3 is 0 Å². The second kappa shape index (κ2) is 5.57. The molecular weight excluding hydrogens is 222 g/mol. The summed E-state index contributed by atoms with van der Waals surface area (Å²) in [5, 5.41) is 7.01. The molecule has 1 unspecified atom stereocenters. The van der Waals surface area contributed by atoms with E-state index in [9.17, 15) is 4.79 Å². The maximum absolute atomic E-state index is 11.5. The molecule has 1 saturated heterocycles. The number of thioether (sulfide) groups is 1. The number of nitrogens with zero attached hydrogens (tertiary/aromatic N) is 1. The van der Waals surface area contributed by atoms with Crippen molar-refractivity contribution in [3.8, 4) is 0 Å². The zero-order valence-corrected chi connectivity index (χ0v) is 11.3. The average Bonchev–Trinajstić information content (AvgIpc) is 2.16. The van der Waals surface area contributed by atoms with Gasteiger partial charge in [0.25, 0.3) is 0 Å². The van der Waals surface area contributed by atoms with Gasteiger partial charge in [0.2, 0.25) is 5.91 Å². The zero-order chi connectivity index (χ0) is 12.2. The van der Waals surface area contributed by atoms with E-state index in [2.05, 4.69) is 29.5 Å². The highest BCUT2D eigenvalue weighted by atomic mass is 32.2. The number of rotatable bonds is 3. The van der Waals surface area contributed by atoms with Crippen molar-refractivity contribution in [3.05, 3.63) is 0 Å². The molecule has 0 saturated carbocycles. The summed E-state index contributed by atoms with van der Waals surface area (Å²) in [6.45, 7) is 8.69. The molecule has 0 aromatic heterocycles. The van der Waals surface area contributed by atoms with Crippen LogP contribution in [-0.4, -0.2) is 35.0 Å². The molecule has 1 atom stereocenters. The topological polar surface area (TPSA) is 53.5 Å². The second-order valence-corrected chi connectivity index (χ2v) is 5.70. The Hall–Kier alpha value is -0.710. The number of likely N-dealkylation sites (N-methyl/N-ethyl adjacent to an activating group) is 1. The minimum absolute atomic E-state index is 0.0132. The third-order valence-corrected chi connectivity index (χ3v) is 3.34. The molecule has 0 aromatic rings. The van der Waals surface area contributed by atoms with Crippen LogP contribution in [0.3, 0.4) is 0 Å². The lowest BCUT2D eigenvalue weighted by molar-refractivity contribution is -0.121. The van der Waals surface area contributed by atoms with E-state index in [0.717, 1.165) is 17.3 Å². The van der Waals surface area contributed by atoms with Gasteiger partial charge in [-0.05, 0) is 34.1 Å². The fraction of sp³-hybridized carbons (Fsp3) is 0.818. The average molecular weight is 243 g/mol. The number of hydrogen-bond acceptors (Lipinski definition) is 3. The standard InChI is InChI=1S/C11H21N3OS/c1-5-12-9(15)8(2)13-10-14-11(3,4)6-7-16-10/h8H,5-7H2,1-4H3,(H,12,15)(H,13,14). The van der Waals surface area contributed by atoms with Gasteiger partial charge in [0, 0.05) is 17.8 Å². The smallest absolute Gasteiger partial charge is 0.244 e. The summed E-state index contributed by atoms with van der Waals surface area (Å²) in [7, 11) is 0. The van der Waals surface area contributed by atoms with Crippen LogP contribution in [0, 0.1) is 0 Å². The van der Waals surface area contributed by atoms with Gasteiger partial charge in [-0.2, -0.15) is 0 Å². The van der Waals surface area contributed by atoms with Gasteiger partial charge in [-0.15, -0.1) is 0 Å². The van der Waals surface area contributed by atoms with Crippen LogP contribution < -0.4 is 10.6 Å². The van der Waals surface area contributed by atoms with Gasteiger partial charge in [0.05, 0.1) is 0 Å². The first-order valence-electron chi connectivity index (χ1n) is 5.71. The molecule has 16 heavy (non-hydrogen) atoms. The first kappa shape index (κ1) is 13.4. The van der Waals surface area contributed by atoms with Crippen LogP contribution in [0.25, 0.3) is 0 Å². The quantitative estimate of drug-likeness (QED) is 0.787. The number of carbonyl (C=O) groups is 1. The van der Waals surface area contributed by atoms with Gasteiger partial charge in [-0.1, -0.05) is 11.8 Å². The Bertz CT molecular complexity index is 289. The lowest BCUT2D eigenvalue weighted by atomic mass is 10.0. The third kappa shape index (κ3) is 4.04. The van der Waals surface area contributed by atoms with Gasteiger partial charge in [0.1, 0.15) is 6.04 Å². The summed E-state index contributed by atoms with van der Waals surface area (Å²) >= 11 is 1.69.